The van der Waals surface area contributed by atoms with Crippen LogP contribution in [-0.2, 0) is 6.54 Å². The molecule has 0 unspecified atom stereocenters. The number of benzene rings is 2. The number of halogens is 3. The highest BCUT2D eigenvalue weighted by molar-refractivity contribution is 6.31. The van der Waals surface area contributed by atoms with Crippen LogP contribution in [0.3, 0.4) is 0 Å². The average molecular weight is 391 g/mol. The molecule has 2 aromatic carbocycles. The molecule has 1 aromatic heterocycles. The summed E-state index contributed by atoms with van der Waals surface area (Å²) < 4.78 is 15.2. The largest absolute Gasteiger partial charge is 0.319 e. The van der Waals surface area contributed by atoms with Gasteiger partial charge in [0.2, 0.25) is 0 Å². The van der Waals surface area contributed by atoms with Gasteiger partial charge in [-0.25, -0.2) is 4.39 Å². The van der Waals surface area contributed by atoms with Crippen LogP contribution in [0.4, 0.5) is 10.1 Å². The average Bonchev–Trinajstić information content (AvgIpc) is 2.61. The first-order valence-corrected chi connectivity index (χ1v) is 8.40. The first-order chi connectivity index (χ1) is 12.4. The molecule has 0 radical (unpaired) electrons. The minimum absolute atomic E-state index is 0.00301. The Labute approximate surface area is 158 Å². The summed E-state index contributed by atoms with van der Waals surface area (Å²) in [6.07, 6.45) is 1.41. The van der Waals surface area contributed by atoms with Crippen molar-refractivity contribution in [2.75, 3.05) is 5.32 Å². The summed E-state index contributed by atoms with van der Waals surface area (Å²) in [7, 11) is 0. The molecule has 1 N–H and O–H groups in total. The molecule has 3 aromatic rings. The molecule has 0 saturated heterocycles. The first-order valence-electron chi connectivity index (χ1n) is 7.64. The van der Waals surface area contributed by atoms with Crippen molar-refractivity contribution in [3.8, 4) is 0 Å². The Hall–Kier alpha value is -2.63. The molecular formula is C19H13Cl2FN2O2. The Morgan fingerprint density at radius 3 is 2.58 bits per heavy atom. The lowest BCUT2D eigenvalue weighted by molar-refractivity contribution is 0.102. The van der Waals surface area contributed by atoms with E-state index in [0.29, 0.717) is 5.02 Å². The van der Waals surface area contributed by atoms with Crippen LogP contribution in [0.25, 0.3) is 0 Å². The molecule has 0 saturated carbocycles. The van der Waals surface area contributed by atoms with Crippen molar-refractivity contribution in [3.63, 3.8) is 0 Å². The number of carbonyl (C=O) groups is 1. The lowest BCUT2D eigenvalue weighted by Gasteiger charge is -2.10. The van der Waals surface area contributed by atoms with Crippen LogP contribution in [0.1, 0.15) is 15.9 Å². The summed E-state index contributed by atoms with van der Waals surface area (Å²) in [6.45, 7) is 0.217. The topological polar surface area (TPSA) is 51.1 Å². The summed E-state index contributed by atoms with van der Waals surface area (Å²) in [5, 5.41) is 3.22. The third kappa shape index (κ3) is 4.12. The Kier molecular flexibility index (Phi) is 5.40. The predicted octanol–water partition coefficient (Wildman–Crippen LogP) is 4.59. The number of amides is 1. The van der Waals surface area contributed by atoms with Crippen molar-refractivity contribution in [1.29, 1.82) is 0 Å². The molecule has 0 spiro atoms. The van der Waals surface area contributed by atoms with Gasteiger partial charge in [0, 0.05) is 22.3 Å². The fourth-order valence-electron chi connectivity index (χ4n) is 2.38. The highest BCUT2D eigenvalue weighted by Crippen LogP contribution is 2.20. The monoisotopic (exact) mass is 390 g/mol. The van der Waals surface area contributed by atoms with Crippen molar-refractivity contribution < 1.29 is 9.18 Å². The van der Waals surface area contributed by atoms with Gasteiger partial charge >= 0.3 is 0 Å². The van der Waals surface area contributed by atoms with E-state index in [9.17, 15) is 14.0 Å². The van der Waals surface area contributed by atoms with Crippen molar-refractivity contribution >= 4 is 34.8 Å². The molecule has 0 aliphatic heterocycles. The van der Waals surface area contributed by atoms with Gasteiger partial charge in [0.1, 0.15) is 5.82 Å². The van der Waals surface area contributed by atoms with Crippen LogP contribution in [0.5, 0.6) is 0 Å². The molecule has 7 heteroatoms. The van der Waals surface area contributed by atoms with Crippen molar-refractivity contribution in [3.05, 3.63) is 98.1 Å². The number of rotatable bonds is 4. The zero-order valence-corrected chi connectivity index (χ0v) is 14.9. The van der Waals surface area contributed by atoms with E-state index in [-0.39, 0.29) is 28.4 Å². The third-order valence-corrected chi connectivity index (χ3v) is 4.33. The summed E-state index contributed by atoms with van der Waals surface area (Å²) in [5.41, 5.74) is 0.686. The molecule has 1 amide bonds. The van der Waals surface area contributed by atoms with E-state index in [1.54, 1.807) is 18.2 Å². The Morgan fingerprint density at radius 1 is 1.08 bits per heavy atom. The lowest BCUT2D eigenvalue weighted by Crippen LogP contribution is -2.22. The van der Waals surface area contributed by atoms with Gasteiger partial charge in [-0.05, 0) is 35.9 Å². The second-order valence-corrected chi connectivity index (χ2v) is 6.40. The first kappa shape index (κ1) is 18.2. The van der Waals surface area contributed by atoms with E-state index in [4.69, 9.17) is 23.2 Å². The van der Waals surface area contributed by atoms with Crippen molar-refractivity contribution in [1.82, 2.24) is 4.57 Å². The molecule has 4 nitrogen and oxygen atoms in total. The van der Waals surface area contributed by atoms with Gasteiger partial charge in [0.15, 0.2) is 0 Å². The number of hydrogen-bond acceptors (Lipinski definition) is 2. The second kappa shape index (κ2) is 7.72. The van der Waals surface area contributed by atoms with Gasteiger partial charge in [0.25, 0.3) is 11.5 Å². The predicted molar refractivity (Wildman–Crippen MR) is 101 cm³/mol. The molecule has 26 heavy (non-hydrogen) atoms. The van der Waals surface area contributed by atoms with E-state index < -0.39 is 11.7 Å². The minimum atomic E-state index is -0.643. The van der Waals surface area contributed by atoms with E-state index in [0.717, 1.165) is 11.6 Å². The van der Waals surface area contributed by atoms with Crippen LogP contribution < -0.4 is 10.9 Å². The quantitative estimate of drug-likeness (QED) is 0.707. The molecule has 3 rings (SSSR count). The molecule has 0 fully saturated rings. The molecule has 132 valence electrons. The minimum Gasteiger partial charge on any atom is -0.319 e. The number of pyridine rings is 1. The van der Waals surface area contributed by atoms with Crippen LogP contribution in [0.2, 0.25) is 10.0 Å². The van der Waals surface area contributed by atoms with E-state index in [1.165, 1.54) is 35.0 Å². The summed E-state index contributed by atoms with van der Waals surface area (Å²) in [4.78, 5) is 24.5. The lowest BCUT2D eigenvalue weighted by atomic mass is 10.2. The van der Waals surface area contributed by atoms with Crippen molar-refractivity contribution in [2.24, 2.45) is 0 Å². The Morgan fingerprint density at radius 2 is 1.85 bits per heavy atom. The third-order valence-electron chi connectivity index (χ3n) is 3.72. The van der Waals surface area contributed by atoms with Crippen molar-refractivity contribution in [2.45, 2.75) is 6.54 Å². The van der Waals surface area contributed by atoms with Gasteiger partial charge in [-0.3, -0.25) is 9.59 Å². The molecule has 0 bridgehead atoms. The number of hydrogen-bond donors (Lipinski definition) is 1. The van der Waals surface area contributed by atoms with E-state index in [2.05, 4.69) is 5.32 Å². The Balaban J connectivity index is 1.86. The summed E-state index contributed by atoms with van der Waals surface area (Å²) in [6, 6.07) is 13.7. The molecular weight excluding hydrogens is 378 g/mol. The standard InChI is InChI=1S/C19H13Cl2FN2O2/c20-14-6-7-17(16(22)9-14)23-19(26)13-5-8-18(25)24(11-13)10-12-3-1-2-4-15(12)21/h1-9,11H,10H2,(H,23,26). The van der Waals surface area contributed by atoms with Crippen LogP contribution in [0.15, 0.2) is 65.6 Å². The van der Waals surface area contributed by atoms with Crippen LogP contribution in [0, 0.1) is 5.82 Å². The zero-order valence-electron chi connectivity index (χ0n) is 13.4. The number of aromatic nitrogens is 1. The van der Waals surface area contributed by atoms with Crippen LogP contribution >= 0.6 is 23.2 Å². The van der Waals surface area contributed by atoms with Gasteiger partial charge in [-0.15, -0.1) is 0 Å². The van der Waals surface area contributed by atoms with Gasteiger partial charge in [0.05, 0.1) is 17.8 Å². The van der Waals surface area contributed by atoms with Gasteiger partial charge in [-0.1, -0.05) is 41.4 Å². The fourth-order valence-corrected chi connectivity index (χ4v) is 2.74. The highest BCUT2D eigenvalue weighted by atomic mass is 35.5. The maximum absolute atomic E-state index is 13.8. The summed E-state index contributed by atoms with van der Waals surface area (Å²) >= 11 is 11.8. The maximum atomic E-state index is 13.8. The molecule has 1 heterocycles. The highest BCUT2D eigenvalue weighted by Gasteiger charge is 2.12. The van der Waals surface area contributed by atoms with Crippen LogP contribution in [-0.4, -0.2) is 10.5 Å². The summed E-state index contributed by atoms with van der Waals surface area (Å²) in [5.74, 6) is -1.19. The number of nitrogens with one attached hydrogen (secondary N) is 1. The second-order valence-electron chi connectivity index (χ2n) is 5.55. The SMILES string of the molecule is O=C(Nc1ccc(Cl)cc1F)c1ccc(=O)n(Cc2ccccc2Cl)c1. The molecule has 0 atom stereocenters. The molecule has 0 aliphatic carbocycles. The van der Waals surface area contributed by atoms with E-state index >= 15 is 0 Å². The van der Waals surface area contributed by atoms with Gasteiger partial charge in [-0.2, -0.15) is 0 Å². The normalized spacial score (nSPS) is 10.6. The van der Waals surface area contributed by atoms with E-state index in [1.807, 2.05) is 6.07 Å². The van der Waals surface area contributed by atoms with Gasteiger partial charge < -0.3 is 9.88 Å². The number of carbonyl (C=O) groups excluding carboxylic acids is 1. The molecule has 0 aliphatic rings. The smallest absolute Gasteiger partial charge is 0.257 e. The fraction of sp³-hybridized carbons (Fsp3) is 0.0526. The number of nitrogens with zero attached hydrogens (tertiary/aromatic N) is 1. The zero-order chi connectivity index (χ0) is 18.7. The number of anilines is 1. The Bertz CT molecular complexity index is 1030. The maximum Gasteiger partial charge on any atom is 0.257 e.